The van der Waals surface area contributed by atoms with Crippen LogP contribution in [-0.4, -0.2) is 11.0 Å². The number of halogens is 1. The molecule has 0 aliphatic heterocycles. The highest BCUT2D eigenvalue weighted by Gasteiger charge is 2.02. The smallest absolute Gasteiger partial charge is 0.131 e. The van der Waals surface area contributed by atoms with Gasteiger partial charge < -0.3 is 5.32 Å². The van der Waals surface area contributed by atoms with E-state index in [1.165, 1.54) is 38.5 Å². The zero-order chi connectivity index (χ0) is 12.5. The maximum atomic E-state index is 5.84. The Morgan fingerprint density at radius 1 is 1.24 bits per heavy atom. The van der Waals surface area contributed by atoms with E-state index in [0.29, 0.717) is 11.2 Å². The minimum Gasteiger partial charge on any atom is -0.368 e. The molecule has 0 spiro atoms. The molecule has 1 atom stereocenters. The first kappa shape index (κ1) is 14.3. The van der Waals surface area contributed by atoms with E-state index in [2.05, 4.69) is 24.1 Å². The van der Waals surface area contributed by atoms with Crippen LogP contribution in [0.3, 0.4) is 0 Å². The Morgan fingerprint density at radius 2 is 2.00 bits per heavy atom. The quantitative estimate of drug-likeness (QED) is 0.527. The molecule has 1 rings (SSSR count). The third-order valence-corrected chi connectivity index (χ3v) is 3.06. The second-order valence-corrected chi connectivity index (χ2v) is 4.98. The molecule has 0 saturated carbocycles. The lowest BCUT2D eigenvalue weighted by molar-refractivity contribution is 0.578. The van der Waals surface area contributed by atoms with Gasteiger partial charge in [-0.2, -0.15) is 0 Å². The number of unbranched alkanes of at least 4 members (excludes halogenated alkanes) is 4. The fraction of sp³-hybridized carbons (Fsp3) is 0.643. The molecule has 0 aliphatic carbocycles. The van der Waals surface area contributed by atoms with Gasteiger partial charge in [0.25, 0.3) is 0 Å². The lowest BCUT2D eigenvalue weighted by Crippen LogP contribution is -2.15. The molecule has 1 aromatic heterocycles. The van der Waals surface area contributed by atoms with Crippen LogP contribution >= 0.6 is 11.6 Å². The molecule has 0 aliphatic rings. The van der Waals surface area contributed by atoms with Gasteiger partial charge in [-0.1, -0.05) is 56.7 Å². The molecule has 0 bridgehead atoms. The molecular weight excluding hydrogens is 232 g/mol. The van der Waals surface area contributed by atoms with Crippen LogP contribution in [0.4, 0.5) is 5.82 Å². The van der Waals surface area contributed by atoms with Crippen molar-refractivity contribution >= 4 is 17.4 Å². The molecule has 17 heavy (non-hydrogen) atoms. The van der Waals surface area contributed by atoms with Gasteiger partial charge in [0.2, 0.25) is 0 Å². The second-order valence-electron chi connectivity index (χ2n) is 4.59. The Labute approximate surface area is 110 Å². The van der Waals surface area contributed by atoms with Gasteiger partial charge in [-0.25, -0.2) is 4.98 Å². The van der Waals surface area contributed by atoms with Gasteiger partial charge in [0, 0.05) is 6.04 Å². The molecular formula is C14H23ClN2. The summed E-state index contributed by atoms with van der Waals surface area (Å²) in [6.07, 6.45) is 7.84. The van der Waals surface area contributed by atoms with Gasteiger partial charge in [-0.3, -0.25) is 0 Å². The Morgan fingerprint density at radius 3 is 2.71 bits per heavy atom. The number of nitrogens with one attached hydrogen (secondary N) is 1. The molecule has 3 heteroatoms. The summed E-state index contributed by atoms with van der Waals surface area (Å²) in [4.78, 5) is 4.23. The molecule has 96 valence electrons. The van der Waals surface area contributed by atoms with Crippen molar-refractivity contribution in [2.45, 2.75) is 58.4 Å². The van der Waals surface area contributed by atoms with E-state index in [9.17, 15) is 0 Å². The molecule has 0 radical (unpaired) electrons. The monoisotopic (exact) mass is 254 g/mol. The summed E-state index contributed by atoms with van der Waals surface area (Å²) >= 11 is 5.84. The van der Waals surface area contributed by atoms with Crippen LogP contribution < -0.4 is 5.32 Å². The van der Waals surface area contributed by atoms with Crippen LogP contribution in [0.15, 0.2) is 18.2 Å². The molecule has 0 amide bonds. The molecule has 1 N–H and O–H groups in total. The van der Waals surface area contributed by atoms with Gasteiger partial charge in [0.1, 0.15) is 11.0 Å². The van der Waals surface area contributed by atoms with E-state index < -0.39 is 0 Å². The van der Waals surface area contributed by atoms with Gasteiger partial charge in [0.05, 0.1) is 0 Å². The molecule has 1 unspecified atom stereocenters. The summed E-state index contributed by atoms with van der Waals surface area (Å²) < 4.78 is 0. The van der Waals surface area contributed by atoms with Crippen LogP contribution in [0, 0.1) is 0 Å². The normalized spacial score (nSPS) is 12.4. The van der Waals surface area contributed by atoms with E-state index in [0.717, 1.165) is 5.82 Å². The summed E-state index contributed by atoms with van der Waals surface area (Å²) in [5.74, 6) is 0.874. The van der Waals surface area contributed by atoms with E-state index in [-0.39, 0.29) is 0 Å². The molecule has 0 saturated heterocycles. The van der Waals surface area contributed by atoms with Crippen LogP contribution in [0.1, 0.15) is 52.4 Å². The van der Waals surface area contributed by atoms with Crippen LogP contribution in [0.2, 0.25) is 5.15 Å². The maximum Gasteiger partial charge on any atom is 0.131 e. The SMILES string of the molecule is CCCCCCCC(C)Nc1cccc(Cl)n1. The van der Waals surface area contributed by atoms with Crippen molar-refractivity contribution in [2.75, 3.05) is 5.32 Å². The predicted octanol–water partition coefficient (Wildman–Crippen LogP) is 4.90. The average Bonchev–Trinajstić information content (AvgIpc) is 2.29. The zero-order valence-electron chi connectivity index (χ0n) is 10.9. The van der Waals surface area contributed by atoms with Gasteiger partial charge in [-0.05, 0) is 25.5 Å². The fourth-order valence-corrected chi connectivity index (χ4v) is 2.03. The third-order valence-electron chi connectivity index (χ3n) is 2.85. The Balaban J connectivity index is 2.18. The Hall–Kier alpha value is -0.760. The van der Waals surface area contributed by atoms with Gasteiger partial charge in [0.15, 0.2) is 0 Å². The number of nitrogens with zero attached hydrogens (tertiary/aromatic N) is 1. The number of pyridine rings is 1. The molecule has 2 nitrogen and oxygen atoms in total. The Bertz CT molecular complexity index is 315. The van der Waals surface area contributed by atoms with Crippen molar-refractivity contribution < 1.29 is 0 Å². The maximum absolute atomic E-state index is 5.84. The first-order valence-corrected chi connectivity index (χ1v) is 6.99. The molecule has 1 aromatic rings. The molecule has 0 fully saturated rings. The fourth-order valence-electron chi connectivity index (χ4n) is 1.87. The third kappa shape index (κ3) is 6.52. The van der Waals surface area contributed by atoms with Crippen molar-refractivity contribution in [1.82, 2.24) is 4.98 Å². The summed E-state index contributed by atoms with van der Waals surface area (Å²) in [5.41, 5.74) is 0. The summed E-state index contributed by atoms with van der Waals surface area (Å²) in [6.45, 7) is 4.44. The highest BCUT2D eigenvalue weighted by molar-refractivity contribution is 6.29. The number of hydrogen-bond acceptors (Lipinski definition) is 2. The van der Waals surface area contributed by atoms with E-state index in [1.54, 1.807) is 6.07 Å². The standard InChI is InChI=1S/C14H23ClN2/c1-3-4-5-6-7-9-12(2)16-14-11-8-10-13(15)17-14/h8,10-12H,3-7,9H2,1-2H3,(H,16,17). The summed E-state index contributed by atoms with van der Waals surface area (Å²) in [6, 6.07) is 6.13. The van der Waals surface area contributed by atoms with E-state index in [1.807, 2.05) is 12.1 Å². The van der Waals surface area contributed by atoms with Crippen molar-refractivity contribution in [3.05, 3.63) is 23.4 Å². The second kappa shape index (κ2) is 8.35. The van der Waals surface area contributed by atoms with Crippen LogP contribution in [0.5, 0.6) is 0 Å². The van der Waals surface area contributed by atoms with Crippen molar-refractivity contribution in [3.63, 3.8) is 0 Å². The van der Waals surface area contributed by atoms with Gasteiger partial charge in [-0.15, -0.1) is 0 Å². The van der Waals surface area contributed by atoms with E-state index in [4.69, 9.17) is 11.6 Å². The number of aromatic nitrogens is 1. The summed E-state index contributed by atoms with van der Waals surface area (Å²) in [7, 11) is 0. The lowest BCUT2D eigenvalue weighted by Gasteiger charge is -2.14. The first-order chi connectivity index (χ1) is 8.22. The van der Waals surface area contributed by atoms with Crippen molar-refractivity contribution in [2.24, 2.45) is 0 Å². The van der Waals surface area contributed by atoms with E-state index >= 15 is 0 Å². The van der Waals surface area contributed by atoms with Crippen molar-refractivity contribution in [3.8, 4) is 0 Å². The topological polar surface area (TPSA) is 24.9 Å². The predicted molar refractivity (Wildman–Crippen MR) is 75.7 cm³/mol. The molecule has 1 heterocycles. The zero-order valence-corrected chi connectivity index (χ0v) is 11.6. The number of rotatable bonds is 8. The lowest BCUT2D eigenvalue weighted by atomic mass is 10.1. The average molecular weight is 255 g/mol. The minimum atomic E-state index is 0.461. The number of anilines is 1. The van der Waals surface area contributed by atoms with Crippen LogP contribution in [-0.2, 0) is 0 Å². The number of hydrogen-bond donors (Lipinski definition) is 1. The minimum absolute atomic E-state index is 0.461. The largest absolute Gasteiger partial charge is 0.368 e. The van der Waals surface area contributed by atoms with Crippen molar-refractivity contribution in [1.29, 1.82) is 0 Å². The highest BCUT2D eigenvalue weighted by atomic mass is 35.5. The van der Waals surface area contributed by atoms with Gasteiger partial charge >= 0.3 is 0 Å². The van der Waals surface area contributed by atoms with Crippen LogP contribution in [0.25, 0.3) is 0 Å². The highest BCUT2D eigenvalue weighted by Crippen LogP contribution is 2.13. The molecule has 0 aromatic carbocycles. The Kier molecular flexibility index (Phi) is 7.02. The summed E-state index contributed by atoms with van der Waals surface area (Å²) in [5, 5.41) is 3.92. The first-order valence-electron chi connectivity index (χ1n) is 6.61.